The molecule has 176 valence electrons. The number of hydrogen-bond donors (Lipinski definition) is 1. The maximum atomic E-state index is 13.1. The Kier molecular flexibility index (Phi) is 6.80. The average Bonchev–Trinajstić information content (AvgIpc) is 3.22. The third-order valence-electron chi connectivity index (χ3n) is 4.82. The Hall–Kier alpha value is -3.37. The molecule has 0 saturated heterocycles. The fraction of sp³-hybridized carbons (Fsp3) is 0.318. The van der Waals surface area contributed by atoms with Crippen molar-refractivity contribution in [2.24, 2.45) is 0 Å². The summed E-state index contributed by atoms with van der Waals surface area (Å²) in [7, 11) is 0. The lowest BCUT2D eigenvalue weighted by Crippen LogP contribution is -2.28. The van der Waals surface area contributed by atoms with Crippen molar-refractivity contribution in [3.05, 3.63) is 70.6 Å². The van der Waals surface area contributed by atoms with Crippen LogP contribution in [0.15, 0.2) is 46.9 Å². The number of aromatic nitrogens is 2. The van der Waals surface area contributed by atoms with Crippen LogP contribution >= 0.6 is 0 Å². The predicted molar refractivity (Wildman–Crippen MR) is 106 cm³/mol. The van der Waals surface area contributed by atoms with Crippen molar-refractivity contribution in [1.29, 1.82) is 0 Å². The highest BCUT2D eigenvalue weighted by molar-refractivity contribution is 5.73. The number of alkyl halides is 6. The van der Waals surface area contributed by atoms with E-state index in [0.717, 1.165) is 17.5 Å². The molecule has 1 N–H and O–H groups in total. The molecule has 1 amide bonds. The molecule has 2 aromatic carbocycles. The number of carbonyl (C=O) groups excluding carboxylic acids is 1. The molecule has 0 fully saturated rings. The van der Waals surface area contributed by atoms with Crippen molar-refractivity contribution >= 4 is 5.91 Å². The second-order valence-corrected chi connectivity index (χ2v) is 7.37. The highest BCUT2D eigenvalue weighted by Crippen LogP contribution is 2.38. The predicted octanol–water partition coefficient (Wildman–Crippen LogP) is 5.76. The molecule has 3 aromatic rings. The largest absolute Gasteiger partial charge is 0.418 e. The number of halogens is 6. The highest BCUT2D eigenvalue weighted by Gasteiger charge is 2.37. The Morgan fingerprint density at radius 2 is 1.48 bits per heavy atom. The molecule has 5 nitrogen and oxygen atoms in total. The second-order valence-electron chi connectivity index (χ2n) is 7.37. The lowest BCUT2D eigenvalue weighted by molar-refractivity contribution is -0.143. The Bertz CT molecular complexity index is 1090. The summed E-state index contributed by atoms with van der Waals surface area (Å²) in [5.74, 6) is -1.10. The summed E-state index contributed by atoms with van der Waals surface area (Å²) in [5, 5.41) is 10.0. The van der Waals surface area contributed by atoms with E-state index < -0.39 is 46.9 Å². The fourth-order valence-electron chi connectivity index (χ4n) is 3.16. The third kappa shape index (κ3) is 6.11. The van der Waals surface area contributed by atoms with E-state index >= 15 is 0 Å². The zero-order chi connectivity index (χ0) is 24.4. The minimum atomic E-state index is -5.01. The molecule has 11 heteroatoms. The van der Waals surface area contributed by atoms with Crippen LogP contribution in [0.1, 0.15) is 48.0 Å². The second kappa shape index (κ2) is 9.24. The summed E-state index contributed by atoms with van der Waals surface area (Å²) in [6.45, 7) is 3.25. The van der Waals surface area contributed by atoms with Crippen molar-refractivity contribution in [2.75, 3.05) is 0 Å². The van der Waals surface area contributed by atoms with E-state index in [1.54, 1.807) is 0 Å². The Balaban J connectivity index is 1.97. The van der Waals surface area contributed by atoms with Gasteiger partial charge in [-0.05, 0) is 35.7 Å². The standard InChI is InChI=1S/C22H19F6N3O2/c1-3-13-4-6-14(7-5-13)8-18(29-12(2)32)20-31-30-19(33-20)15-9-16(21(23,24)25)11-17(10-15)22(26,27)28/h4-7,9-11,18H,3,8H2,1-2H3,(H,29,32). The number of nitrogens with one attached hydrogen (secondary N) is 1. The maximum absolute atomic E-state index is 13.1. The van der Waals surface area contributed by atoms with Gasteiger partial charge >= 0.3 is 12.4 Å². The van der Waals surface area contributed by atoms with Gasteiger partial charge < -0.3 is 9.73 Å². The summed E-state index contributed by atoms with van der Waals surface area (Å²) < 4.78 is 84.3. The van der Waals surface area contributed by atoms with Gasteiger partial charge in [-0.2, -0.15) is 26.3 Å². The lowest BCUT2D eigenvalue weighted by atomic mass is 10.0. The number of nitrogens with zero attached hydrogens (tertiary/aromatic N) is 2. The molecule has 0 saturated carbocycles. The molecule has 1 heterocycles. The van der Waals surface area contributed by atoms with E-state index in [1.807, 2.05) is 31.2 Å². The van der Waals surface area contributed by atoms with Crippen LogP contribution in [-0.4, -0.2) is 16.1 Å². The lowest BCUT2D eigenvalue weighted by Gasteiger charge is -2.14. The number of aryl methyl sites for hydroxylation is 1. The van der Waals surface area contributed by atoms with Crippen LogP contribution in [0, 0.1) is 0 Å². The first kappa shape index (κ1) is 24.3. The monoisotopic (exact) mass is 471 g/mol. The first-order chi connectivity index (χ1) is 15.4. The Labute approximate surface area is 184 Å². The topological polar surface area (TPSA) is 68.0 Å². The smallest absolute Gasteiger partial charge is 0.416 e. The van der Waals surface area contributed by atoms with E-state index in [1.165, 1.54) is 6.92 Å². The van der Waals surface area contributed by atoms with Gasteiger partial charge in [-0.1, -0.05) is 31.2 Å². The van der Waals surface area contributed by atoms with E-state index in [-0.39, 0.29) is 18.4 Å². The van der Waals surface area contributed by atoms with Crippen molar-refractivity contribution < 1.29 is 35.6 Å². The van der Waals surface area contributed by atoms with Crippen molar-refractivity contribution in [3.63, 3.8) is 0 Å². The van der Waals surface area contributed by atoms with Crippen LogP contribution < -0.4 is 5.32 Å². The molecule has 0 radical (unpaired) electrons. The molecule has 0 aliphatic heterocycles. The van der Waals surface area contributed by atoms with Crippen molar-refractivity contribution in [1.82, 2.24) is 15.5 Å². The zero-order valence-electron chi connectivity index (χ0n) is 17.5. The molecule has 0 spiro atoms. The van der Waals surface area contributed by atoms with Gasteiger partial charge in [0, 0.05) is 18.9 Å². The molecular formula is C22H19F6N3O2. The molecule has 1 aromatic heterocycles. The fourth-order valence-corrected chi connectivity index (χ4v) is 3.16. The van der Waals surface area contributed by atoms with E-state index in [9.17, 15) is 31.1 Å². The SMILES string of the molecule is CCc1ccc(CC(NC(C)=O)c2nnc(-c3cc(C(F)(F)F)cc(C(F)(F)F)c3)o2)cc1. The molecule has 3 rings (SSSR count). The minimum Gasteiger partial charge on any atom is -0.418 e. The summed E-state index contributed by atoms with van der Waals surface area (Å²) >= 11 is 0. The van der Waals surface area contributed by atoms with Gasteiger partial charge in [0.25, 0.3) is 0 Å². The van der Waals surface area contributed by atoms with Crippen LogP contribution in [-0.2, 0) is 30.0 Å². The summed E-state index contributed by atoms with van der Waals surface area (Å²) in [4.78, 5) is 11.7. The van der Waals surface area contributed by atoms with Crippen molar-refractivity contribution in [2.45, 2.75) is 45.1 Å². The molecule has 0 bridgehead atoms. The van der Waals surface area contributed by atoms with Crippen LogP contribution in [0.4, 0.5) is 26.3 Å². The number of rotatable bonds is 6. The van der Waals surface area contributed by atoms with Gasteiger partial charge in [0.15, 0.2) is 0 Å². The minimum absolute atomic E-state index is 0.0147. The van der Waals surface area contributed by atoms with Gasteiger partial charge in [0.1, 0.15) is 6.04 Å². The van der Waals surface area contributed by atoms with E-state index in [4.69, 9.17) is 4.42 Å². The first-order valence-electron chi connectivity index (χ1n) is 9.85. The third-order valence-corrected chi connectivity index (χ3v) is 4.82. The molecule has 33 heavy (non-hydrogen) atoms. The van der Waals surface area contributed by atoms with E-state index in [2.05, 4.69) is 15.5 Å². The normalized spacial score (nSPS) is 13.1. The van der Waals surface area contributed by atoms with Gasteiger partial charge in [-0.15, -0.1) is 10.2 Å². The zero-order valence-corrected chi connectivity index (χ0v) is 17.5. The Morgan fingerprint density at radius 1 is 0.939 bits per heavy atom. The van der Waals surface area contributed by atoms with Gasteiger partial charge in [0.05, 0.1) is 11.1 Å². The summed E-state index contributed by atoms with van der Waals surface area (Å²) in [6, 6.07) is 7.68. The van der Waals surface area contributed by atoms with Crippen LogP contribution in [0.25, 0.3) is 11.5 Å². The molecule has 0 aliphatic carbocycles. The Morgan fingerprint density at radius 3 is 1.97 bits per heavy atom. The number of benzene rings is 2. The summed E-state index contributed by atoms with van der Waals surface area (Å²) in [6.07, 6.45) is -8.97. The quantitative estimate of drug-likeness (QED) is 0.465. The first-order valence-corrected chi connectivity index (χ1v) is 9.85. The summed E-state index contributed by atoms with van der Waals surface area (Å²) in [5.41, 5.74) is -1.63. The van der Waals surface area contributed by atoms with Crippen molar-refractivity contribution in [3.8, 4) is 11.5 Å². The van der Waals surface area contributed by atoms with Crippen LogP contribution in [0.2, 0.25) is 0 Å². The van der Waals surface area contributed by atoms with Crippen LogP contribution in [0.3, 0.4) is 0 Å². The van der Waals surface area contributed by atoms with E-state index in [0.29, 0.717) is 12.1 Å². The van der Waals surface area contributed by atoms with Gasteiger partial charge in [-0.3, -0.25) is 4.79 Å². The number of amides is 1. The molecule has 0 aliphatic rings. The average molecular weight is 471 g/mol. The van der Waals surface area contributed by atoms with Gasteiger partial charge in [-0.25, -0.2) is 0 Å². The molecule has 1 atom stereocenters. The number of hydrogen-bond acceptors (Lipinski definition) is 4. The maximum Gasteiger partial charge on any atom is 0.416 e. The number of carbonyl (C=O) groups is 1. The molecule has 1 unspecified atom stereocenters. The van der Waals surface area contributed by atoms with Gasteiger partial charge in [0.2, 0.25) is 17.7 Å². The molecular weight excluding hydrogens is 452 g/mol. The van der Waals surface area contributed by atoms with Crippen LogP contribution in [0.5, 0.6) is 0 Å². The highest BCUT2D eigenvalue weighted by atomic mass is 19.4.